The van der Waals surface area contributed by atoms with Crippen LogP contribution in [0.2, 0.25) is 0 Å². The molecule has 4 aromatic carbocycles. The van der Waals surface area contributed by atoms with Gasteiger partial charge in [-0.05, 0) is 74.0 Å². The Kier molecular flexibility index (Phi) is 6.82. The van der Waals surface area contributed by atoms with Crippen molar-refractivity contribution in [3.63, 3.8) is 0 Å². The van der Waals surface area contributed by atoms with Crippen molar-refractivity contribution in [3.05, 3.63) is 130 Å². The molecule has 0 bridgehead atoms. The molecule has 38 heavy (non-hydrogen) atoms. The van der Waals surface area contributed by atoms with E-state index in [9.17, 15) is 14.4 Å². The molecule has 0 unspecified atom stereocenters. The molecule has 7 heteroatoms. The van der Waals surface area contributed by atoms with E-state index in [0.717, 1.165) is 5.56 Å². The second kappa shape index (κ2) is 10.5. The maximum absolute atomic E-state index is 13.1. The predicted molar refractivity (Wildman–Crippen MR) is 147 cm³/mol. The molecule has 1 amide bonds. The van der Waals surface area contributed by atoms with Gasteiger partial charge >= 0.3 is 0 Å². The number of anilines is 1. The van der Waals surface area contributed by atoms with E-state index in [4.69, 9.17) is 4.74 Å². The molecular weight excluding hydrogens is 478 g/mol. The van der Waals surface area contributed by atoms with Gasteiger partial charge in [0.2, 0.25) is 0 Å². The van der Waals surface area contributed by atoms with Crippen LogP contribution in [0.15, 0.2) is 102 Å². The van der Waals surface area contributed by atoms with E-state index in [1.807, 2.05) is 49.4 Å². The van der Waals surface area contributed by atoms with Crippen LogP contribution in [0.3, 0.4) is 0 Å². The lowest BCUT2D eigenvalue weighted by Gasteiger charge is -2.14. The summed E-state index contributed by atoms with van der Waals surface area (Å²) in [6.45, 7) is 3.46. The number of ether oxygens (including phenoxy) is 1. The Hall–Kier alpha value is -5.04. The van der Waals surface area contributed by atoms with Crippen LogP contribution in [0.1, 0.15) is 27.3 Å². The van der Waals surface area contributed by atoms with Crippen molar-refractivity contribution >= 4 is 28.3 Å². The quantitative estimate of drug-likeness (QED) is 0.306. The molecule has 0 aliphatic rings. The van der Waals surface area contributed by atoms with Crippen LogP contribution in [-0.4, -0.2) is 27.8 Å². The van der Waals surface area contributed by atoms with Gasteiger partial charge in [-0.25, -0.2) is 4.98 Å². The maximum Gasteiger partial charge on any atom is 0.265 e. The number of benzene rings is 4. The Morgan fingerprint density at radius 2 is 1.53 bits per heavy atom. The van der Waals surface area contributed by atoms with Crippen molar-refractivity contribution in [2.24, 2.45) is 0 Å². The van der Waals surface area contributed by atoms with Gasteiger partial charge in [0.05, 0.1) is 16.6 Å². The summed E-state index contributed by atoms with van der Waals surface area (Å²) in [5, 5.41) is 3.39. The van der Waals surface area contributed by atoms with Crippen LogP contribution >= 0.6 is 0 Å². The minimum Gasteiger partial charge on any atom is -0.484 e. The van der Waals surface area contributed by atoms with Crippen LogP contribution < -0.4 is 15.6 Å². The van der Waals surface area contributed by atoms with E-state index in [1.54, 1.807) is 66.1 Å². The Balaban J connectivity index is 1.24. The Bertz CT molecular complexity index is 1710. The summed E-state index contributed by atoms with van der Waals surface area (Å²) in [4.78, 5) is 42.7. The van der Waals surface area contributed by atoms with Gasteiger partial charge in [0.25, 0.3) is 11.5 Å². The lowest BCUT2D eigenvalue weighted by molar-refractivity contribution is -0.118. The number of carbonyl (C=O) groups is 2. The summed E-state index contributed by atoms with van der Waals surface area (Å²) >= 11 is 0. The van der Waals surface area contributed by atoms with E-state index in [-0.39, 0.29) is 23.9 Å². The number of rotatable bonds is 7. The highest BCUT2D eigenvalue weighted by atomic mass is 16.5. The molecule has 7 nitrogen and oxygen atoms in total. The fourth-order valence-electron chi connectivity index (χ4n) is 4.27. The summed E-state index contributed by atoms with van der Waals surface area (Å²) < 4.78 is 7.17. The van der Waals surface area contributed by atoms with Gasteiger partial charge in [-0.15, -0.1) is 0 Å². The monoisotopic (exact) mass is 503 g/mol. The lowest BCUT2D eigenvalue weighted by Crippen LogP contribution is -2.23. The first kappa shape index (κ1) is 24.6. The number of amides is 1. The molecule has 1 N–H and O–H groups in total. The minimum absolute atomic E-state index is 0.0780. The fraction of sp³-hybridized carbons (Fsp3) is 0.0968. The van der Waals surface area contributed by atoms with Gasteiger partial charge in [0, 0.05) is 16.8 Å². The predicted octanol–water partition coefficient (Wildman–Crippen LogP) is 5.25. The number of fused-ring (bicyclic) bond motifs is 1. The molecule has 1 aromatic heterocycles. The van der Waals surface area contributed by atoms with Crippen molar-refractivity contribution in [2.75, 3.05) is 11.9 Å². The first-order valence-corrected chi connectivity index (χ1v) is 12.1. The summed E-state index contributed by atoms with van der Waals surface area (Å²) in [6.07, 6.45) is 0. The van der Waals surface area contributed by atoms with E-state index >= 15 is 0 Å². The number of para-hydroxylation sites is 1. The number of aryl methyl sites for hydroxylation is 2. The van der Waals surface area contributed by atoms with Crippen molar-refractivity contribution in [1.82, 2.24) is 9.55 Å². The topological polar surface area (TPSA) is 90.3 Å². The standard InChI is InChI=1S/C31H25N3O4/c1-20-18-24(34-21(2)32-28-11-7-6-10-26(28)31(34)37)14-17-27(20)33-29(35)19-38-25-15-12-23(13-16-25)30(36)22-8-4-3-5-9-22/h3-18H,19H2,1-2H3,(H,33,35). The third kappa shape index (κ3) is 5.08. The third-order valence-electron chi connectivity index (χ3n) is 6.21. The lowest BCUT2D eigenvalue weighted by atomic mass is 10.0. The molecule has 0 radical (unpaired) electrons. The molecule has 5 rings (SSSR count). The number of hydrogen-bond donors (Lipinski definition) is 1. The second-order valence-electron chi connectivity index (χ2n) is 8.87. The number of ketones is 1. The smallest absolute Gasteiger partial charge is 0.265 e. The van der Waals surface area contributed by atoms with Gasteiger partial charge < -0.3 is 10.1 Å². The molecule has 0 aliphatic heterocycles. The molecule has 0 fully saturated rings. The van der Waals surface area contributed by atoms with Crippen LogP contribution in [0, 0.1) is 13.8 Å². The number of carbonyl (C=O) groups excluding carboxylic acids is 2. The maximum atomic E-state index is 13.1. The van der Waals surface area contributed by atoms with Gasteiger partial charge in [-0.3, -0.25) is 19.0 Å². The Morgan fingerprint density at radius 1 is 0.842 bits per heavy atom. The van der Waals surface area contributed by atoms with Crippen molar-refractivity contribution in [2.45, 2.75) is 13.8 Å². The molecule has 0 aliphatic carbocycles. The minimum atomic E-state index is -0.328. The number of nitrogens with zero attached hydrogens (tertiary/aromatic N) is 2. The Morgan fingerprint density at radius 3 is 2.26 bits per heavy atom. The van der Waals surface area contributed by atoms with E-state index in [0.29, 0.717) is 45.0 Å². The molecule has 1 heterocycles. The zero-order valence-corrected chi connectivity index (χ0v) is 21.0. The third-order valence-corrected chi connectivity index (χ3v) is 6.21. The van der Waals surface area contributed by atoms with Gasteiger partial charge in [0.15, 0.2) is 12.4 Å². The van der Waals surface area contributed by atoms with Crippen molar-refractivity contribution in [3.8, 4) is 11.4 Å². The molecule has 0 saturated carbocycles. The first-order valence-electron chi connectivity index (χ1n) is 12.1. The van der Waals surface area contributed by atoms with Crippen LogP contribution in [0.4, 0.5) is 5.69 Å². The first-order chi connectivity index (χ1) is 18.4. The Labute approximate surface area is 219 Å². The largest absolute Gasteiger partial charge is 0.484 e. The number of nitrogens with one attached hydrogen (secondary N) is 1. The van der Waals surface area contributed by atoms with E-state index < -0.39 is 0 Å². The number of hydrogen-bond acceptors (Lipinski definition) is 5. The van der Waals surface area contributed by atoms with E-state index in [1.165, 1.54) is 0 Å². The molecular formula is C31H25N3O4. The summed E-state index contributed by atoms with van der Waals surface area (Å²) in [6, 6.07) is 28.3. The highest BCUT2D eigenvalue weighted by Gasteiger charge is 2.13. The molecule has 0 saturated heterocycles. The van der Waals surface area contributed by atoms with Gasteiger partial charge in [-0.1, -0.05) is 42.5 Å². The zero-order valence-electron chi connectivity index (χ0n) is 21.0. The highest BCUT2D eigenvalue weighted by molar-refractivity contribution is 6.09. The SMILES string of the molecule is Cc1cc(-n2c(C)nc3ccccc3c2=O)ccc1NC(=O)COc1ccc(C(=O)c2ccccc2)cc1. The molecule has 188 valence electrons. The summed E-state index contributed by atoms with van der Waals surface area (Å²) in [5.74, 6) is 0.655. The number of aromatic nitrogens is 2. The summed E-state index contributed by atoms with van der Waals surface area (Å²) in [5.41, 5.74) is 3.74. The zero-order chi connectivity index (χ0) is 26.6. The molecule has 0 atom stereocenters. The average Bonchev–Trinajstić information content (AvgIpc) is 2.94. The highest BCUT2D eigenvalue weighted by Crippen LogP contribution is 2.21. The van der Waals surface area contributed by atoms with Crippen LogP contribution in [0.25, 0.3) is 16.6 Å². The van der Waals surface area contributed by atoms with Crippen molar-refractivity contribution in [1.29, 1.82) is 0 Å². The average molecular weight is 504 g/mol. The molecule has 5 aromatic rings. The summed E-state index contributed by atoms with van der Waals surface area (Å²) in [7, 11) is 0. The van der Waals surface area contributed by atoms with Gasteiger partial charge in [-0.2, -0.15) is 0 Å². The second-order valence-corrected chi connectivity index (χ2v) is 8.87. The van der Waals surface area contributed by atoms with Crippen molar-refractivity contribution < 1.29 is 14.3 Å². The van der Waals surface area contributed by atoms with Crippen LogP contribution in [0.5, 0.6) is 5.75 Å². The van der Waals surface area contributed by atoms with E-state index in [2.05, 4.69) is 10.3 Å². The normalized spacial score (nSPS) is 10.8. The van der Waals surface area contributed by atoms with Crippen LogP contribution in [-0.2, 0) is 4.79 Å². The molecule has 0 spiro atoms. The fourth-order valence-corrected chi connectivity index (χ4v) is 4.27. The van der Waals surface area contributed by atoms with Gasteiger partial charge in [0.1, 0.15) is 11.6 Å².